The molecule has 1 N–H and O–H groups in total. The minimum atomic E-state index is 0.278. The highest BCUT2D eigenvalue weighted by atomic mass is 32.1. The van der Waals surface area contributed by atoms with E-state index in [0.29, 0.717) is 5.92 Å². The number of hydrogen-bond acceptors (Lipinski definition) is 3. The van der Waals surface area contributed by atoms with E-state index >= 15 is 0 Å². The summed E-state index contributed by atoms with van der Waals surface area (Å²) in [5.74, 6) is 0.510. The van der Waals surface area contributed by atoms with Crippen molar-refractivity contribution in [2.45, 2.75) is 13.0 Å². The highest BCUT2D eigenvalue weighted by molar-refractivity contribution is 7.10. The highest BCUT2D eigenvalue weighted by Crippen LogP contribution is 2.25. The second-order valence-corrected chi connectivity index (χ2v) is 5.81. The van der Waals surface area contributed by atoms with Crippen molar-refractivity contribution in [3.63, 3.8) is 0 Å². The Morgan fingerprint density at radius 3 is 2.58 bits per heavy atom. The fourth-order valence-electron chi connectivity index (χ4n) is 2.15. The maximum atomic E-state index is 5.19. The van der Waals surface area contributed by atoms with E-state index in [2.05, 4.69) is 60.1 Å². The number of methoxy groups -OCH3 is 1. The van der Waals surface area contributed by atoms with E-state index in [-0.39, 0.29) is 6.04 Å². The van der Waals surface area contributed by atoms with Gasteiger partial charge in [-0.15, -0.1) is 11.3 Å². The summed E-state index contributed by atoms with van der Waals surface area (Å²) in [6.45, 7) is 3.94. The van der Waals surface area contributed by atoms with Crippen LogP contribution in [-0.4, -0.2) is 20.3 Å². The summed E-state index contributed by atoms with van der Waals surface area (Å²) in [7, 11) is 1.75. The Bertz CT molecular complexity index is 455. The van der Waals surface area contributed by atoms with Crippen molar-refractivity contribution < 1.29 is 4.74 Å². The molecule has 1 heterocycles. The first kappa shape index (κ1) is 14.3. The van der Waals surface area contributed by atoms with E-state index in [1.54, 1.807) is 18.4 Å². The van der Waals surface area contributed by atoms with Crippen LogP contribution in [0.5, 0.6) is 0 Å². The summed E-state index contributed by atoms with van der Waals surface area (Å²) in [4.78, 5) is 1.36. The number of benzene rings is 1. The van der Waals surface area contributed by atoms with Crippen LogP contribution in [0.15, 0.2) is 47.8 Å². The topological polar surface area (TPSA) is 21.3 Å². The SMILES string of the molecule is COCC(C)CNC(c1ccccc1)c1cccs1. The lowest BCUT2D eigenvalue weighted by Crippen LogP contribution is -2.28. The van der Waals surface area contributed by atoms with Crippen LogP contribution in [-0.2, 0) is 4.74 Å². The second-order valence-electron chi connectivity index (χ2n) is 4.83. The van der Waals surface area contributed by atoms with Crippen molar-refractivity contribution in [2.75, 3.05) is 20.3 Å². The molecule has 2 atom stereocenters. The molecule has 0 saturated heterocycles. The summed E-state index contributed by atoms with van der Waals surface area (Å²) in [6.07, 6.45) is 0. The van der Waals surface area contributed by atoms with Gasteiger partial charge in [0.15, 0.2) is 0 Å². The quantitative estimate of drug-likeness (QED) is 0.831. The number of ether oxygens (including phenoxy) is 1. The van der Waals surface area contributed by atoms with Crippen molar-refractivity contribution in [3.05, 3.63) is 58.3 Å². The molecule has 1 aromatic heterocycles. The van der Waals surface area contributed by atoms with Gasteiger partial charge in [-0.1, -0.05) is 43.3 Å². The number of nitrogens with one attached hydrogen (secondary N) is 1. The van der Waals surface area contributed by atoms with Gasteiger partial charge in [-0.05, 0) is 22.9 Å². The van der Waals surface area contributed by atoms with Crippen molar-refractivity contribution >= 4 is 11.3 Å². The third-order valence-electron chi connectivity index (χ3n) is 3.08. The van der Waals surface area contributed by atoms with Gasteiger partial charge >= 0.3 is 0 Å². The molecule has 102 valence electrons. The van der Waals surface area contributed by atoms with E-state index in [1.165, 1.54) is 10.4 Å². The van der Waals surface area contributed by atoms with Crippen LogP contribution in [0.3, 0.4) is 0 Å². The van der Waals surface area contributed by atoms with Gasteiger partial charge in [-0.25, -0.2) is 0 Å². The predicted octanol–water partition coefficient (Wildman–Crippen LogP) is 3.71. The summed E-state index contributed by atoms with van der Waals surface area (Å²) in [6, 6.07) is 15.2. The molecule has 3 heteroatoms. The number of rotatable bonds is 7. The Hall–Kier alpha value is -1.16. The Labute approximate surface area is 119 Å². The summed E-state index contributed by atoms with van der Waals surface area (Å²) in [5.41, 5.74) is 1.31. The van der Waals surface area contributed by atoms with Crippen LogP contribution in [0.1, 0.15) is 23.4 Å². The van der Waals surface area contributed by atoms with E-state index in [0.717, 1.165) is 13.2 Å². The van der Waals surface area contributed by atoms with Gasteiger partial charge in [0.25, 0.3) is 0 Å². The Morgan fingerprint density at radius 2 is 1.95 bits per heavy atom. The maximum Gasteiger partial charge on any atom is 0.0671 e. The molecule has 0 bridgehead atoms. The van der Waals surface area contributed by atoms with Gasteiger partial charge < -0.3 is 10.1 Å². The predicted molar refractivity (Wildman–Crippen MR) is 81.6 cm³/mol. The molecule has 0 radical (unpaired) electrons. The van der Waals surface area contributed by atoms with Crippen molar-refractivity contribution in [1.29, 1.82) is 0 Å². The van der Waals surface area contributed by atoms with Gasteiger partial charge in [-0.3, -0.25) is 0 Å². The zero-order chi connectivity index (χ0) is 13.5. The third kappa shape index (κ3) is 4.16. The molecule has 2 aromatic rings. The Balaban J connectivity index is 2.08. The molecule has 19 heavy (non-hydrogen) atoms. The normalized spacial score (nSPS) is 14.2. The molecular weight excluding hydrogens is 254 g/mol. The summed E-state index contributed by atoms with van der Waals surface area (Å²) in [5, 5.41) is 5.78. The molecule has 0 aliphatic carbocycles. The standard InChI is InChI=1S/C16H21NOS/c1-13(12-18-2)11-17-16(15-9-6-10-19-15)14-7-4-3-5-8-14/h3-10,13,16-17H,11-12H2,1-2H3. The Morgan fingerprint density at radius 1 is 1.16 bits per heavy atom. The first-order valence-electron chi connectivity index (χ1n) is 6.62. The van der Waals surface area contributed by atoms with Crippen molar-refractivity contribution in [1.82, 2.24) is 5.32 Å². The summed E-state index contributed by atoms with van der Waals surface area (Å²) < 4.78 is 5.19. The van der Waals surface area contributed by atoms with Crippen LogP contribution >= 0.6 is 11.3 Å². The fourth-order valence-corrected chi connectivity index (χ4v) is 2.97. The van der Waals surface area contributed by atoms with Crippen LogP contribution in [0.4, 0.5) is 0 Å². The van der Waals surface area contributed by atoms with Gasteiger partial charge in [-0.2, -0.15) is 0 Å². The molecule has 0 fully saturated rings. The van der Waals surface area contributed by atoms with Crippen molar-refractivity contribution in [2.24, 2.45) is 5.92 Å². The second kappa shape index (κ2) is 7.43. The molecule has 0 saturated carbocycles. The molecule has 0 spiro atoms. The number of thiophene rings is 1. The summed E-state index contributed by atoms with van der Waals surface area (Å²) >= 11 is 1.80. The molecule has 2 unspecified atom stereocenters. The monoisotopic (exact) mass is 275 g/mol. The minimum absolute atomic E-state index is 0.278. The first-order valence-corrected chi connectivity index (χ1v) is 7.50. The average Bonchev–Trinajstić information content (AvgIpc) is 2.94. The highest BCUT2D eigenvalue weighted by Gasteiger charge is 2.15. The van der Waals surface area contributed by atoms with Gasteiger partial charge in [0.2, 0.25) is 0 Å². The molecule has 2 rings (SSSR count). The minimum Gasteiger partial charge on any atom is -0.384 e. The van der Waals surface area contributed by atoms with Crippen LogP contribution < -0.4 is 5.32 Å². The molecule has 1 aromatic carbocycles. The van der Waals surface area contributed by atoms with Gasteiger partial charge in [0.05, 0.1) is 6.04 Å². The Kier molecular flexibility index (Phi) is 5.58. The third-order valence-corrected chi connectivity index (χ3v) is 4.02. The lowest BCUT2D eigenvalue weighted by Gasteiger charge is -2.20. The lowest BCUT2D eigenvalue weighted by atomic mass is 10.0. The zero-order valence-corrected chi connectivity index (χ0v) is 12.3. The van der Waals surface area contributed by atoms with Crippen LogP contribution in [0.2, 0.25) is 0 Å². The molecule has 0 amide bonds. The van der Waals surface area contributed by atoms with E-state index in [4.69, 9.17) is 4.74 Å². The van der Waals surface area contributed by atoms with Crippen LogP contribution in [0, 0.1) is 5.92 Å². The molecule has 0 aliphatic rings. The largest absolute Gasteiger partial charge is 0.384 e. The molecule has 0 aliphatic heterocycles. The fraction of sp³-hybridized carbons (Fsp3) is 0.375. The first-order chi connectivity index (χ1) is 9.31. The van der Waals surface area contributed by atoms with Gasteiger partial charge in [0.1, 0.15) is 0 Å². The smallest absolute Gasteiger partial charge is 0.0671 e. The number of hydrogen-bond donors (Lipinski definition) is 1. The van der Waals surface area contributed by atoms with Crippen LogP contribution in [0.25, 0.3) is 0 Å². The van der Waals surface area contributed by atoms with E-state index in [9.17, 15) is 0 Å². The van der Waals surface area contributed by atoms with Crippen molar-refractivity contribution in [3.8, 4) is 0 Å². The van der Waals surface area contributed by atoms with E-state index < -0.39 is 0 Å². The zero-order valence-electron chi connectivity index (χ0n) is 11.5. The molecular formula is C16H21NOS. The lowest BCUT2D eigenvalue weighted by molar-refractivity contribution is 0.157. The van der Waals surface area contributed by atoms with Gasteiger partial charge in [0, 0.05) is 25.1 Å². The maximum absolute atomic E-state index is 5.19. The average molecular weight is 275 g/mol. The molecule has 2 nitrogen and oxygen atoms in total. The van der Waals surface area contributed by atoms with E-state index in [1.807, 2.05) is 0 Å².